The molecule has 0 bridgehead atoms. The van der Waals surface area contributed by atoms with Gasteiger partial charge in [-0.25, -0.2) is 9.97 Å². The van der Waals surface area contributed by atoms with Crippen molar-refractivity contribution in [2.24, 2.45) is 0 Å². The Bertz CT molecular complexity index is 625. The fourth-order valence-corrected chi connectivity index (χ4v) is 3.32. The monoisotopic (exact) mass is 314 g/mol. The van der Waals surface area contributed by atoms with Crippen molar-refractivity contribution in [1.29, 1.82) is 0 Å². The van der Waals surface area contributed by atoms with E-state index < -0.39 is 0 Å². The summed E-state index contributed by atoms with van der Waals surface area (Å²) in [5.74, 6) is 0.867. The van der Waals surface area contributed by atoms with Crippen LogP contribution < -0.4 is 4.90 Å². The van der Waals surface area contributed by atoms with E-state index in [-0.39, 0.29) is 6.04 Å². The van der Waals surface area contributed by atoms with Crippen LogP contribution in [0.2, 0.25) is 0 Å². The average molecular weight is 314 g/mol. The van der Waals surface area contributed by atoms with E-state index >= 15 is 0 Å². The maximum Gasteiger partial charge on any atom is 0.225 e. The number of nitrogens with one attached hydrogen (secondary N) is 1. The molecule has 0 saturated carbocycles. The summed E-state index contributed by atoms with van der Waals surface area (Å²) >= 11 is 0. The van der Waals surface area contributed by atoms with Gasteiger partial charge < -0.3 is 9.64 Å². The van der Waals surface area contributed by atoms with Crippen molar-refractivity contribution in [2.75, 3.05) is 37.7 Å². The molecule has 2 aliphatic heterocycles. The lowest BCUT2D eigenvalue weighted by atomic mass is 10.1. The molecule has 0 amide bonds. The first-order chi connectivity index (χ1) is 11.4. The highest BCUT2D eigenvalue weighted by atomic mass is 16.5. The largest absolute Gasteiger partial charge is 0.378 e. The van der Waals surface area contributed by atoms with Gasteiger partial charge in [0.05, 0.1) is 30.6 Å². The van der Waals surface area contributed by atoms with Crippen molar-refractivity contribution in [1.82, 2.24) is 25.1 Å². The maximum atomic E-state index is 5.65. The Hall–Kier alpha value is -1.99. The number of nitrogens with zero attached hydrogens (tertiary/aromatic N) is 5. The Morgan fingerprint density at radius 2 is 2.09 bits per heavy atom. The van der Waals surface area contributed by atoms with Gasteiger partial charge in [-0.15, -0.1) is 0 Å². The molecule has 1 atom stereocenters. The summed E-state index contributed by atoms with van der Waals surface area (Å²) < 4.78 is 5.65. The molecule has 0 spiro atoms. The van der Waals surface area contributed by atoms with Gasteiger partial charge in [-0.2, -0.15) is 5.10 Å². The molecule has 2 saturated heterocycles. The van der Waals surface area contributed by atoms with E-state index in [1.54, 1.807) is 6.20 Å². The molecule has 4 heterocycles. The van der Waals surface area contributed by atoms with Crippen LogP contribution in [0.15, 0.2) is 24.5 Å². The van der Waals surface area contributed by atoms with Crippen LogP contribution in [0.5, 0.6) is 0 Å². The Morgan fingerprint density at radius 1 is 1.17 bits per heavy atom. The Kier molecular flexibility index (Phi) is 4.21. The molecule has 2 aromatic rings. The van der Waals surface area contributed by atoms with Crippen molar-refractivity contribution in [2.45, 2.75) is 25.4 Å². The van der Waals surface area contributed by atoms with E-state index in [9.17, 15) is 0 Å². The summed E-state index contributed by atoms with van der Waals surface area (Å²) in [6.45, 7) is 5.28. The van der Waals surface area contributed by atoms with Gasteiger partial charge in [0, 0.05) is 38.6 Å². The molecule has 7 heteroatoms. The van der Waals surface area contributed by atoms with Crippen LogP contribution in [-0.4, -0.2) is 57.9 Å². The van der Waals surface area contributed by atoms with Crippen LogP contribution in [0.1, 0.15) is 30.3 Å². The van der Waals surface area contributed by atoms with E-state index in [2.05, 4.69) is 25.0 Å². The van der Waals surface area contributed by atoms with Gasteiger partial charge in [-0.05, 0) is 25.0 Å². The van der Waals surface area contributed by atoms with Crippen LogP contribution in [0, 0.1) is 0 Å². The van der Waals surface area contributed by atoms with Gasteiger partial charge in [-0.3, -0.25) is 10.00 Å². The first-order valence-electron chi connectivity index (χ1n) is 8.28. The van der Waals surface area contributed by atoms with E-state index in [4.69, 9.17) is 9.72 Å². The normalized spacial score (nSPS) is 22.6. The molecule has 1 N–H and O–H groups in total. The molecule has 122 valence electrons. The maximum absolute atomic E-state index is 5.65. The average Bonchev–Trinajstić information content (AvgIpc) is 3.30. The highest BCUT2D eigenvalue weighted by molar-refractivity contribution is 5.31. The van der Waals surface area contributed by atoms with E-state index in [1.165, 1.54) is 12.8 Å². The highest BCUT2D eigenvalue weighted by Gasteiger charge is 2.26. The van der Waals surface area contributed by atoms with Crippen LogP contribution in [0.3, 0.4) is 0 Å². The summed E-state index contributed by atoms with van der Waals surface area (Å²) in [6, 6.07) is 4.23. The van der Waals surface area contributed by atoms with E-state index in [1.807, 2.05) is 18.3 Å². The molecule has 2 aromatic heterocycles. The van der Waals surface area contributed by atoms with Crippen LogP contribution in [-0.2, 0) is 11.3 Å². The summed E-state index contributed by atoms with van der Waals surface area (Å²) in [6.07, 6.45) is 6.14. The molecule has 2 fully saturated rings. The molecular formula is C16H22N6O. The number of rotatable bonds is 4. The second-order valence-electron chi connectivity index (χ2n) is 6.12. The zero-order valence-electron chi connectivity index (χ0n) is 13.2. The van der Waals surface area contributed by atoms with Crippen LogP contribution >= 0.6 is 0 Å². The highest BCUT2D eigenvalue weighted by Crippen LogP contribution is 2.24. The van der Waals surface area contributed by atoms with Crippen molar-refractivity contribution in [3.63, 3.8) is 0 Å². The molecule has 23 heavy (non-hydrogen) atoms. The topological polar surface area (TPSA) is 70.2 Å². The number of aromatic nitrogens is 4. The number of anilines is 1. The van der Waals surface area contributed by atoms with E-state index in [0.29, 0.717) is 6.61 Å². The van der Waals surface area contributed by atoms with Gasteiger partial charge in [0.2, 0.25) is 5.95 Å². The van der Waals surface area contributed by atoms with Crippen molar-refractivity contribution < 1.29 is 4.74 Å². The lowest BCUT2D eigenvalue weighted by Gasteiger charge is -2.34. The number of H-pyrrole nitrogens is 1. The fraction of sp³-hybridized carbons (Fsp3) is 0.562. The molecule has 0 aliphatic carbocycles. The van der Waals surface area contributed by atoms with E-state index in [0.717, 1.165) is 50.1 Å². The number of aromatic amines is 1. The van der Waals surface area contributed by atoms with Crippen LogP contribution in [0.4, 0.5) is 5.95 Å². The van der Waals surface area contributed by atoms with Gasteiger partial charge >= 0.3 is 0 Å². The van der Waals surface area contributed by atoms with Gasteiger partial charge in [0.1, 0.15) is 0 Å². The second-order valence-corrected chi connectivity index (χ2v) is 6.12. The molecule has 2 aliphatic rings. The lowest BCUT2D eigenvalue weighted by molar-refractivity contribution is -0.0148. The quantitative estimate of drug-likeness (QED) is 0.919. The Morgan fingerprint density at radius 3 is 2.91 bits per heavy atom. The van der Waals surface area contributed by atoms with Crippen LogP contribution in [0.25, 0.3) is 0 Å². The van der Waals surface area contributed by atoms with Crippen molar-refractivity contribution in [3.05, 3.63) is 35.9 Å². The minimum absolute atomic E-state index is 0.205. The molecule has 7 nitrogen and oxygen atoms in total. The summed E-state index contributed by atoms with van der Waals surface area (Å²) in [4.78, 5) is 13.9. The number of hydrogen-bond donors (Lipinski definition) is 1. The lowest BCUT2D eigenvalue weighted by Crippen LogP contribution is -2.39. The smallest absolute Gasteiger partial charge is 0.225 e. The van der Waals surface area contributed by atoms with Crippen molar-refractivity contribution >= 4 is 5.95 Å². The third kappa shape index (κ3) is 3.20. The predicted molar refractivity (Wildman–Crippen MR) is 86.0 cm³/mol. The first-order valence-corrected chi connectivity index (χ1v) is 8.28. The molecule has 1 unspecified atom stereocenters. The summed E-state index contributed by atoms with van der Waals surface area (Å²) in [7, 11) is 0. The molecule has 0 aromatic carbocycles. The Balaban J connectivity index is 1.50. The minimum Gasteiger partial charge on any atom is -0.378 e. The zero-order chi connectivity index (χ0) is 15.5. The number of ether oxygens (including phenoxy) is 1. The fourth-order valence-electron chi connectivity index (χ4n) is 3.32. The Labute approximate surface area is 135 Å². The predicted octanol–water partition coefficient (Wildman–Crippen LogP) is 1.37. The third-order valence-corrected chi connectivity index (χ3v) is 4.58. The first kappa shape index (κ1) is 14.6. The van der Waals surface area contributed by atoms with Crippen molar-refractivity contribution in [3.8, 4) is 0 Å². The molecule has 0 radical (unpaired) electrons. The minimum atomic E-state index is 0.205. The standard InChI is InChI=1S/C16H22N6O/c1-2-8-21(7-1)16-17-5-3-13(19-16)11-22-9-10-23-12-15(22)14-4-6-18-20-14/h3-6,15H,1-2,7-12H2,(H,18,20). The third-order valence-electron chi connectivity index (χ3n) is 4.58. The zero-order valence-corrected chi connectivity index (χ0v) is 13.2. The van der Waals surface area contributed by atoms with Gasteiger partial charge in [-0.1, -0.05) is 0 Å². The SMILES string of the molecule is c1cc(C2COCCN2Cc2ccnc(N3CCCC3)n2)[nH]n1. The van der Waals surface area contributed by atoms with Gasteiger partial charge in [0.15, 0.2) is 0 Å². The van der Waals surface area contributed by atoms with Gasteiger partial charge in [0.25, 0.3) is 0 Å². The summed E-state index contributed by atoms with van der Waals surface area (Å²) in [5, 5.41) is 7.13. The second kappa shape index (κ2) is 6.64. The number of morpholine rings is 1. The molecule has 4 rings (SSSR count). The summed E-state index contributed by atoms with van der Waals surface area (Å²) in [5.41, 5.74) is 2.16. The molecular weight excluding hydrogens is 292 g/mol. The number of hydrogen-bond acceptors (Lipinski definition) is 6.